The summed E-state index contributed by atoms with van der Waals surface area (Å²) in [5.74, 6) is -0.203. The molecule has 0 atom stereocenters. The van der Waals surface area contributed by atoms with Gasteiger partial charge in [0.05, 0.1) is 0 Å². The second-order valence-electron chi connectivity index (χ2n) is 4.69. The molecular formula is C13H18N2O3. The number of nitrogens with one attached hydrogen (secondary N) is 2. The predicted molar refractivity (Wildman–Crippen MR) is 69.3 cm³/mol. The Bertz CT molecular complexity index is 438. The molecule has 1 rings (SSSR count). The van der Waals surface area contributed by atoms with Crippen LogP contribution in [0.2, 0.25) is 0 Å². The highest BCUT2D eigenvalue weighted by atomic mass is 16.3. The molecule has 0 saturated carbocycles. The number of imide groups is 1. The van der Waals surface area contributed by atoms with Crippen molar-refractivity contribution in [3.05, 3.63) is 24.3 Å². The van der Waals surface area contributed by atoms with E-state index in [2.05, 4.69) is 10.6 Å². The van der Waals surface area contributed by atoms with Crippen LogP contribution in [0, 0.1) is 5.41 Å². The first-order valence-corrected chi connectivity index (χ1v) is 5.76. The van der Waals surface area contributed by atoms with Gasteiger partial charge in [-0.25, -0.2) is 4.79 Å². The van der Waals surface area contributed by atoms with Gasteiger partial charge >= 0.3 is 6.03 Å². The molecule has 3 amide bonds. The van der Waals surface area contributed by atoms with E-state index >= 15 is 0 Å². The summed E-state index contributed by atoms with van der Waals surface area (Å²) in [4.78, 5) is 23.3. The maximum absolute atomic E-state index is 11.7. The summed E-state index contributed by atoms with van der Waals surface area (Å²) in [5, 5.41) is 13.9. The molecule has 0 heterocycles. The monoisotopic (exact) mass is 250 g/mol. The van der Waals surface area contributed by atoms with Crippen molar-refractivity contribution in [2.24, 2.45) is 5.41 Å². The maximum Gasteiger partial charge on any atom is 0.325 e. The zero-order valence-corrected chi connectivity index (χ0v) is 10.8. The fourth-order valence-corrected chi connectivity index (χ4v) is 1.14. The molecule has 0 aromatic heterocycles. The summed E-state index contributed by atoms with van der Waals surface area (Å²) >= 11 is 0. The van der Waals surface area contributed by atoms with Crippen LogP contribution in [-0.2, 0) is 4.79 Å². The molecular weight excluding hydrogens is 232 g/mol. The van der Waals surface area contributed by atoms with Crippen LogP contribution < -0.4 is 10.6 Å². The standard InChI is InChI=1S/C13H18N2O3/c1-4-13(2,3)11(17)15-12(18)14-9-5-7-10(16)8-6-9/h5-8,16H,4H2,1-3H3,(H2,14,15,17,18). The third kappa shape index (κ3) is 3.76. The number of carbonyl (C=O) groups is 2. The first kappa shape index (κ1) is 14.0. The summed E-state index contributed by atoms with van der Waals surface area (Å²) < 4.78 is 0. The van der Waals surface area contributed by atoms with Gasteiger partial charge in [0.25, 0.3) is 0 Å². The van der Waals surface area contributed by atoms with Gasteiger partial charge in [-0.15, -0.1) is 0 Å². The van der Waals surface area contributed by atoms with Crippen LogP contribution in [0.4, 0.5) is 10.5 Å². The number of phenols is 1. The Morgan fingerprint density at radius 2 is 1.78 bits per heavy atom. The van der Waals surface area contributed by atoms with Crippen molar-refractivity contribution < 1.29 is 14.7 Å². The number of phenolic OH excluding ortho intramolecular Hbond substituents is 1. The molecule has 0 saturated heterocycles. The number of hydrogen-bond acceptors (Lipinski definition) is 3. The van der Waals surface area contributed by atoms with Crippen LogP contribution in [0.3, 0.4) is 0 Å². The highest BCUT2D eigenvalue weighted by Gasteiger charge is 2.26. The molecule has 1 aromatic carbocycles. The first-order chi connectivity index (χ1) is 8.35. The molecule has 98 valence electrons. The van der Waals surface area contributed by atoms with E-state index < -0.39 is 11.4 Å². The zero-order valence-electron chi connectivity index (χ0n) is 10.8. The molecule has 0 aliphatic carbocycles. The zero-order chi connectivity index (χ0) is 13.8. The van der Waals surface area contributed by atoms with E-state index in [0.29, 0.717) is 12.1 Å². The Labute approximate surface area is 106 Å². The fraction of sp³-hybridized carbons (Fsp3) is 0.385. The highest BCUT2D eigenvalue weighted by molar-refractivity contribution is 6.02. The second kappa shape index (κ2) is 5.53. The second-order valence-corrected chi connectivity index (χ2v) is 4.69. The Balaban J connectivity index is 2.57. The Morgan fingerprint density at radius 3 is 2.28 bits per heavy atom. The Kier molecular flexibility index (Phi) is 4.31. The average Bonchev–Trinajstić information content (AvgIpc) is 2.32. The van der Waals surface area contributed by atoms with Gasteiger partial charge in [0.2, 0.25) is 5.91 Å². The number of amides is 3. The molecule has 5 nitrogen and oxygen atoms in total. The van der Waals surface area contributed by atoms with Crippen molar-refractivity contribution >= 4 is 17.6 Å². The van der Waals surface area contributed by atoms with Crippen LogP contribution in [0.1, 0.15) is 27.2 Å². The third-order valence-electron chi connectivity index (χ3n) is 2.85. The van der Waals surface area contributed by atoms with Crippen LogP contribution >= 0.6 is 0 Å². The largest absolute Gasteiger partial charge is 0.508 e. The van der Waals surface area contributed by atoms with Crippen LogP contribution in [-0.4, -0.2) is 17.0 Å². The van der Waals surface area contributed by atoms with Crippen molar-refractivity contribution in [2.75, 3.05) is 5.32 Å². The van der Waals surface area contributed by atoms with E-state index in [4.69, 9.17) is 5.11 Å². The highest BCUT2D eigenvalue weighted by Crippen LogP contribution is 2.19. The van der Waals surface area contributed by atoms with Crippen molar-refractivity contribution in [2.45, 2.75) is 27.2 Å². The number of urea groups is 1. The molecule has 0 aliphatic heterocycles. The minimum atomic E-state index is -0.577. The summed E-state index contributed by atoms with van der Waals surface area (Å²) in [6, 6.07) is 5.42. The number of aromatic hydroxyl groups is 1. The van der Waals surface area contributed by atoms with Crippen molar-refractivity contribution in [1.82, 2.24) is 5.32 Å². The lowest BCUT2D eigenvalue weighted by Gasteiger charge is -2.20. The van der Waals surface area contributed by atoms with Gasteiger partial charge < -0.3 is 10.4 Å². The molecule has 3 N–H and O–H groups in total. The van der Waals surface area contributed by atoms with E-state index in [1.54, 1.807) is 26.0 Å². The molecule has 0 aliphatic rings. The Hall–Kier alpha value is -2.04. The van der Waals surface area contributed by atoms with Crippen LogP contribution in [0.5, 0.6) is 5.75 Å². The van der Waals surface area contributed by atoms with Gasteiger partial charge in [0.1, 0.15) is 5.75 Å². The smallest absolute Gasteiger partial charge is 0.325 e. The van der Waals surface area contributed by atoms with E-state index in [9.17, 15) is 9.59 Å². The minimum Gasteiger partial charge on any atom is -0.508 e. The molecule has 0 bridgehead atoms. The molecule has 0 radical (unpaired) electrons. The lowest BCUT2D eigenvalue weighted by Crippen LogP contribution is -2.42. The van der Waals surface area contributed by atoms with Crippen molar-refractivity contribution in [3.63, 3.8) is 0 Å². The van der Waals surface area contributed by atoms with E-state index in [1.165, 1.54) is 12.1 Å². The van der Waals surface area contributed by atoms with Gasteiger partial charge in [0, 0.05) is 11.1 Å². The van der Waals surface area contributed by atoms with Gasteiger partial charge in [-0.05, 0) is 30.7 Å². The summed E-state index contributed by atoms with van der Waals surface area (Å²) in [7, 11) is 0. The van der Waals surface area contributed by atoms with Gasteiger partial charge in [-0.3, -0.25) is 10.1 Å². The summed E-state index contributed by atoms with van der Waals surface area (Å²) in [6.45, 7) is 5.43. The first-order valence-electron chi connectivity index (χ1n) is 5.76. The predicted octanol–water partition coefficient (Wildman–Crippen LogP) is 2.48. The van der Waals surface area contributed by atoms with Crippen LogP contribution in [0.15, 0.2) is 24.3 Å². The molecule has 1 aromatic rings. The normalized spacial score (nSPS) is 10.8. The lowest BCUT2D eigenvalue weighted by molar-refractivity contribution is -0.128. The molecule has 0 unspecified atom stereocenters. The lowest BCUT2D eigenvalue weighted by atomic mass is 9.89. The maximum atomic E-state index is 11.7. The molecule has 0 spiro atoms. The van der Waals surface area contributed by atoms with Crippen molar-refractivity contribution in [3.8, 4) is 5.75 Å². The minimum absolute atomic E-state index is 0.115. The average molecular weight is 250 g/mol. The van der Waals surface area contributed by atoms with Gasteiger partial charge in [-0.1, -0.05) is 20.8 Å². The number of anilines is 1. The van der Waals surface area contributed by atoms with E-state index in [1.807, 2.05) is 6.92 Å². The Morgan fingerprint density at radius 1 is 1.22 bits per heavy atom. The SMILES string of the molecule is CCC(C)(C)C(=O)NC(=O)Nc1ccc(O)cc1. The van der Waals surface area contributed by atoms with Gasteiger partial charge in [-0.2, -0.15) is 0 Å². The van der Waals surface area contributed by atoms with Crippen molar-refractivity contribution in [1.29, 1.82) is 0 Å². The molecule has 5 heteroatoms. The topological polar surface area (TPSA) is 78.4 Å². The van der Waals surface area contributed by atoms with Gasteiger partial charge in [0.15, 0.2) is 0 Å². The van der Waals surface area contributed by atoms with Crippen LogP contribution in [0.25, 0.3) is 0 Å². The number of hydrogen-bond donors (Lipinski definition) is 3. The quantitative estimate of drug-likeness (QED) is 0.721. The third-order valence-corrected chi connectivity index (χ3v) is 2.85. The fourth-order valence-electron chi connectivity index (χ4n) is 1.14. The van der Waals surface area contributed by atoms with E-state index in [0.717, 1.165) is 0 Å². The number of rotatable bonds is 3. The van der Waals surface area contributed by atoms with E-state index in [-0.39, 0.29) is 11.7 Å². The summed E-state index contributed by atoms with van der Waals surface area (Å²) in [5.41, 5.74) is -0.0702. The molecule has 0 fully saturated rings. The number of benzene rings is 1. The summed E-state index contributed by atoms with van der Waals surface area (Å²) in [6.07, 6.45) is 0.644. The molecule has 18 heavy (non-hydrogen) atoms. The number of carbonyl (C=O) groups excluding carboxylic acids is 2.